The molecule has 0 aliphatic rings. The number of thiazole rings is 1. The first-order valence-electron chi connectivity index (χ1n) is 8.81. The maximum Gasteiger partial charge on any atom is 0.284 e. The minimum atomic E-state index is -0.517. The third-order valence-electron chi connectivity index (χ3n) is 4.27. The van der Waals surface area contributed by atoms with Crippen molar-refractivity contribution in [2.45, 2.75) is 23.1 Å². The zero-order valence-corrected chi connectivity index (χ0v) is 18.0. The summed E-state index contributed by atoms with van der Waals surface area (Å²) in [4.78, 5) is 40.4. The number of carbonyl (C=O) groups is 2. The van der Waals surface area contributed by atoms with E-state index >= 15 is 0 Å². The molecule has 3 rings (SSSR count). The van der Waals surface area contributed by atoms with Gasteiger partial charge in [0.05, 0.1) is 9.82 Å². The highest BCUT2D eigenvalue weighted by Crippen LogP contribution is 2.37. The van der Waals surface area contributed by atoms with Crippen molar-refractivity contribution in [3.8, 4) is 0 Å². The van der Waals surface area contributed by atoms with Gasteiger partial charge < -0.3 is 10.6 Å². The first-order valence-corrected chi connectivity index (χ1v) is 10.5. The predicted molar refractivity (Wildman–Crippen MR) is 117 cm³/mol. The molecule has 0 fully saturated rings. The summed E-state index contributed by atoms with van der Waals surface area (Å²) >= 11 is 2.59. The molecule has 8 nitrogen and oxygen atoms in total. The zero-order chi connectivity index (χ0) is 21.8. The smallest absolute Gasteiger partial charge is 0.284 e. The molecule has 3 aromatic rings. The number of carbonyl (C=O) groups excluding carboxylic acids is 2. The van der Waals surface area contributed by atoms with Crippen LogP contribution in [0.3, 0.4) is 0 Å². The van der Waals surface area contributed by atoms with Gasteiger partial charge >= 0.3 is 0 Å². The summed E-state index contributed by atoms with van der Waals surface area (Å²) in [5, 5.41) is 18.7. The van der Waals surface area contributed by atoms with Crippen LogP contribution in [0.1, 0.15) is 32.0 Å². The van der Waals surface area contributed by atoms with Crippen LogP contribution in [-0.2, 0) is 0 Å². The van der Waals surface area contributed by atoms with Gasteiger partial charge in [0.15, 0.2) is 4.34 Å². The van der Waals surface area contributed by atoms with Crippen LogP contribution in [0.2, 0.25) is 0 Å². The molecule has 0 spiro atoms. The van der Waals surface area contributed by atoms with E-state index in [1.54, 1.807) is 31.2 Å². The first kappa shape index (κ1) is 21.5. The molecule has 2 aromatic carbocycles. The van der Waals surface area contributed by atoms with Crippen molar-refractivity contribution in [2.24, 2.45) is 0 Å². The van der Waals surface area contributed by atoms with Crippen LogP contribution in [0, 0.1) is 24.0 Å². The molecule has 1 heterocycles. The van der Waals surface area contributed by atoms with E-state index in [2.05, 4.69) is 15.6 Å². The van der Waals surface area contributed by atoms with Gasteiger partial charge in [0.2, 0.25) is 0 Å². The second-order valence-electron chi connectivity index (χ2n) is 6.31. The van der Waals surface area contributed by atoms with Crippen LogP contribution in [0.5, 0.6) is 0 Å². The molecular formula is C20H18N4O4S2. The van der Waals surface area contributed by atoms with Crippen LogP contribution in [-0.4, -0.2) is 28.8 Å². The number of nitro benzene ring substituents is 1. The number of rotatable bonds is 6. The molecule has 0 saturated heterocycles. The SMILES string of the molecule is CNC(=O)c1cccc(NC(=O)c2ccc(Sc3nc(C)cs3)c([N+](=O)[O-])c2)c1C. The molecule has 30 heavy (non-hydrogen) atoms. The summed E-state index contributed by atoms with van der Waals surface area (Å²) in [5.41, 5.74) is 2.32. The average molecular weight is 443 g/mol. The number of nitrogens with one attached hydrogen (secondary N) is 2. The number of amides is 2. The molecule has 10 heteroatoms. The van der Waals surface area contributed by atoms with Gasteiger partial charge in [-0.25, -0.2) is 4.98 Å². The van der Waals surface area contributed by atoms with E-state index in [1.165, 1.54) is 42.3 Å². The third kappa shape index (κ3) is 4.66. The van der Waals surface area contributed by atoms with Crippen LogP contribution >= 0.6 is 23.1 Å². The van der Waals surface area contributed by atoms with Crippen molar-refractivity contribution >= 4 is 46.3 Å². The molecule has 0 aliphatic carbocycles. The summed E-state index contributed by atoms with van der Waals surface area (Å²) in [6.45, 7) is 3.57. The molecular weight excluding hydrogens is 424 g/mol. The fourth-order valence-electron chi connectivity index (χ4n) is 2.71. The number of nitro groups is 1. The van der Waals surface area contributed by atoms with E-state index in [4.69, 9.17) is 0 Å². The number of aromatic nitrogens is 1. The Morgan fingerprint density at radius 3 is 2.57 bits per heavy atom. The number of aryl methyl sites for hydroxylation is 1. The Morgan fingerprint density at radius 1 is 1.17 bits per heavy atom. The van der Waals surface area contributed by atoms with Gasteiger partial charge in [-0.15, -0.1) is 11.3 Å². The van der Waals surface area contributed by atoms with Crippen LogP contribution in [0.25, 0.3) is 0 Å². The topological polar surface area (TPSA) is 114 Å². The van der Waals surface area contributed by atoms with E-state index in [0.717, 1.165) is 5.69 Å². The summed E-state index contributed by atoms with van der Waals surface area (Å²) in [5.74, 6) is -0.769. The van der Waals surface area contributed by atoms with Gasteiger partial charge in [-0.2, -0.15) is 0 Å². The molecule has 2 N–H and O–H groups in total. The first-order chi connectivity index (χ1) is 14.3. The standard InChI is InChI=1S/C20H18N4O4S2/c1-11-10-29-20(22-11)30-17-8-7-13(9-16(17)24(27)28)18(25)23-15-6-4-5-14(12(15)2)19(26)21-3/h4-10H,1-3H3,(H,21,26)(H,23,25). The summed E-state index contributed by atoms with van der Waals surface area (Å²) in [7, 11) is 1.53. The average Bonchev–Trinajstić information content (AvgIpc) is 3.13. The number of hydrogen-bond donors (Lipinski definition) is 2. The molecule has 0 aliphatic heterocycles. The number of anilines is 1. The highest BCUT2D eigenvalue weighted by atomic mass is 32.2. The van der Waals surface area contributed by atoms with Gasteiger partial charge in [-0.05, 0) is 43.7 Å². The maximum atomic E-state index is 12.7. The third-order valence-corrected chi connectivity index (χ3v) is 6.39. The van der Waals surface area contributed by atoms with Crippen LogP contribution < -0.4 is 10.6 Å². The van der Waals surface area contributed by atoms with E-state index < -0.39 is 10.8 Å². The molecule has 1 aromatic heterocycles. The van der Waals surface area contributed by atoms with Crippen molar-refractivity contribution < 1.29 is 14.5 Å². The number of nitrogens with zero attached hydrogens (tertiary/aromatic N) is 2. The molecule has 0 unspecified atom stereocenters. The summed E-state index contributed by atoms with van der Waals surface area (Å²) < 4.78 is 0.689. The fraction of sp³-hybridized carbons (Fsp3) is 0.150. The van der Waals surface area contributed by atoms with Crippen LogP contribution in [0.4, 0.5) is 11.4 Å². The Morgan fingerprint density at radius 2 is 1.93 bits per heavy atom. The molecule has 0 saturated carbocycles. The summed E-state index contributed by atoms with van der Waals surface area (Å²) in [6.07, 6.45) is 0. The lowest BCUT2D eigenvalue weighted by Gasteiger charge is -2.12. The van der Waals surface area contributed by atoms with Gasteiger partial charge in [0.1, 0.15) is 0 Å². The highest BCUT2D eigenvalue weighted by molar-refractivity contribution is 8.01. The lowest BCUT2D eigenvalue weighted by Crippen LogP contribution is -2.20. The maximum absolute atomic E-state index is 12.7. The lowest BCUT2D eigenvalue weighted by atomic mass is 10.1. The predicted octanol–water partition coefficient (Wildman–Crippen LogP) is 4.43. The Balaban J connectivity index is 1.87. The van der Waals surface area contributed by atoms with Crippen molar-refractivity contribution in [2.75, 3.05) is 12.4 Å². The lowest BCUT2D eigenvalue weighted by molar-refractivity contribution is -0.387. The quantitative estimate of drug-likeness (QED) is 0.431. The summed E-state index contributed by atoms with van der Waals surface area (Å²) in [6, 6.07) is 9.30. The van der Waals surface area contributed by atoms with Gasteiger partial charge in [0, 0.05) is 41.0 Å². The molecule has 0 bridgehead atoms. The minimum absolute atomic E-state index is 0.145. The fourth-order valence-corrected chi connectivity index (χ4v) is 4.59. The van der Waals surface area contributed by atoms with Crippen molar-refractivity contribution in [3.05, 3.63) is 74.3 Å². The van der Waals surface area contributed by atoms with E-state index in [-0.39, 0.29) is 17.2 Å². The second-order valence-corrected chi connectivity index (χ2v) is 8.46. The minimum Gasteiger partial charge on any atom is -0.355 e. The van der Waals surface area contributed by atoms with E-state index in [1.807, 2.05) is 12.3 Å². The van der Waals surface area contributed by atoms with Crippen molar-refractivity contribution in [1.29, 1.82) is 0 Å². The normalized spacial score (nSPS) is 10.5. The van der Waals surface area contributed by atoms with Gasteiger partial charge in [0.25, 0.3) is 17.5 Å². The molecule has 0 radical (unpaired) electrons. The number of hydrogen-bond acceptors (Lipinski definition) is 7. The monoisotopic (exact) mass is 442 g/mol. The molecule has 2 amide bonds. The molecule has 0 atom stereocenters. The van der Waals surface area contributed by atoms with E-state index in [0.29, 0.717) is 26.0 Å². The van der Waals surface area contributed by atoms with Crippen LogP contribution in [0.15, 0.2) is 51.0 Å². The van der Waals surface area contributed by atoms with Crippen molar-refractivity contribution in [3.63, 3.8) is 0 Å². The van der Waals surface area contributed by atoms with E-state index in [9.17, 15) is 19.7 Å². The molecule has 154 valence electrons. The van der Waals surface area contributed by atoms with Crippen molar-refractivity contribution in [1.82, 2.24) is 10.3 Å². The Labute approximate surface area is 180 Å². The van der Waals surface area contributed by atoms with Gasteiger partial charge in [-0.1, -0.05) is 17.8 Å². The Kier molecular flexibility index (Phi) is 6.48. The zero-order valence-electron chi connectivity index (χ0n) is 16.4. The highest BCUT2D eigenvalue weighted by Gasteiger charge is 2.20. The Hall–Kier alpha value is -3.24. The largest absolute Gasteiger partial charge is 0.355 e. The second kappa shape index (κ2) is 9.06. The Bertz CT molecular complexity index is 1140. The number of benzene rings is 2. The van der Waals surface area contributed by atoms with Gasteiger partial charge in [-0.3, -0.25) is 19.7 Å².